The monoisotopic (exact) mass is 340 g/mol. The van der Waals surface area contributed by atoms with Crippen LogP contribution in [0.4, 0.5) is 23.2 Å². The SMILES string of the molecule is O=C(CNc1ccc(C(F)(F)F)cc1)NCCc1ccc(F)cc1. The Hall–Kier alpha value is -2.57. The molecular formula is C17H16F4N2O. The van der Waals surface area contributed by atoms with Crippen molar-refractivity contribution < 1.29 is 22.4 Å². The highest BCUT2D eigenvalue weighted by molar-refractivity contribution is 5.80. The summed E-state index contributed by atoms with van der Waals surface area (Å²) in [5.74, 6) is -0.597. The maximum Gasteiger partial charge on any atom is 0.416 e. The zero-order valence-electron chi connectivity index (χ0n) is 12.7. The van der Waals surface area contributed by atoms with Crippen molar-refractivity contribution in [2.24, 2.45) is 0 Å². The molecule has 3 nitrogen and oxygen atoms in total. The molecule has 0 saturated carbocycles. The average Bonchev–Trinajstić information content (AvgIpc) is 2.54. The molecule has 7 heteroatoms. The van der Waals surface area contributed by atoms with E-state index in [1.807, 2.05) is 0 Å². The van der Waals surface area contributed by atoms with E-state index in [1.165, 1.54) is 24.3 Å². The number of amides is 1. The molecule has 2 rings (SSSR count). The van der Waals surface area contributed by atoms with Gasteiger partial charge in [-0.05, 0) is 48.4 Å². The number of hydrogen-bond acceptors (Lipinski definition) is 2. The largest absolute Gasteiger partial charge is 0.416 e. The first-order valence-corrected chi connectivity index (χ1v) is 7.27. The van der Waals surface area contributed by atoms with Gasteiger partial charge in [-0.25, -0.2) is 4.39 Å². The van der Waals surface area contributed by atoms with Crippen molar-refractivity contribution in [3.8, 4) is 0 Å². The van der Waals surface area contributed by atoms with Crippen LogP contribution in [0.15, 0.2) is 48.5 Å². The third-order valence-electron chi connectivity index (χ3n) is 3.31. The van der Waals surface area contributed by atoms with Gasteiger partial charge < -0.3 is 10.6 Å². The highest BCUT2D eigenvalue weighted by Gasteiger charge is 2.29. The minimum absolute atomic E-state index is 0.0468. The zero-order valence-corrected chi connectivity index (χ0v) is 12.7. The summed E-state index contributed by atoms with van der Waals surface area (Å²) in [6.45, 7) is 0.341. The zero-order chi connectivity index (χ0) is 17.6. The van der Waals surface area contributed by atoms with Crippen molar-refractivity contribution >= 4 is 11.6 Å². The van der Waals surface area contributed by atoms with E-state index in [-0.39, 0.29) is 18.3 Å². The Morgan fingerprint density at radius 3 is 2.17 bits per heavy atom. The lowest BCUT2D eigenvalue weighted by Crippen LogP contribution is -2.31. The Morgan fingerprint density at radius 2 is 1.58 bits per heavy atom. The van der Waals surface area contributed by atoms with Gasteiger partial charge in [-0.1, -0.05) is 12.1 Å². The van der Waals surface area contributed by atoms with Crippen LogP contribution in [0.5, 0.6) is 0 Å². The predicted octanol–water partition coefficient (Wildman–Crippen LogP) is 3.62. The summed E-state index contributed by atoms with van der Waals surface area (Å²) >= 11 is 0. The smallest absolute Gasteiger partial charge is 0.376 e. The summed E-state index contributed by atoms with van der Waals surface area (Å²) in [4.78, 5) is 11.7. The predicted molar refractivity (Wildman–Crippen MR) is 83.0 cm³/mol. The molecule has 0 saturated heterocycles. The number of rotatable bonds is 6. The van der Waals surface area contributed by atoms with Crippen molar-refractivity contribution in [3.05, 3.63) is 65.5 Å². The number of carbonyl (C=O) groups is 1. The summed E-state index contributed by atoms with van der Waals surface area (Å²) in [6.07, 6.45) is -3.82. The van der Waals surface area contributed by atoms with Gasteiger partial charge in [-0.15, -0.1) is 0 Å². The second kappa shape index (κ2) is 7.81. The van der Waals surface area contributed by atoms with E-state index in [2.05, 4.69) is 10.6 Å². The van der Waals surface area contributed by atoms with Crippen molar-refractivity contribution in [3.63, 3.8) is 0 Å². The molecule has 0 atom stereocenters. The lowest BCUT2D eigenvalue weighted by Gasteiger charge is -2.10. The molecule has 0 radical (unpaired) electrons. The van der Waals surface area contributed by atoms with Gasteiger partial charge in [0.15, 0.2) is 0 Å². The van der Waals surface area contributed by atoms with Crippen molar-refractivity contribution in [1.29, 1.82) is 0 Å². The number of carbonyl (C=O) groups excluding carboxylic acids is 1. The van der Waals surface area contributed by atoms with E-state index < -0.39 is 11.7 Å². The van der Waals surface area contributed by atoms with Crippen LogP contribution < -0.4 is 10.6 Å². The van der Waals surface area contributed by atoms with Gasteiger partial charge >= 0.3 is 6.18 Å². The fourth-order valence-corrected chi connectivity index (χ4v) is 2.02. The minimum atomic E-state index is -4.38. The van der Waals surface area contributed by atoms with E-state index in [9.17, 15) is 22.4 Å². The first-order chi connectivity index (χ1) is 11.3. The topological polar surface area (TPSA) is 41.1 Å². The second-order valence-corrected chi connectivity index (χ2v) is 5.16. The lowest BCUT2D eigenvalue weighted by atomic mass is 10.1. The molecule has 2 N–H and O–H groups in total. The third kappa shape index (κ3) is 5.57. The molecule has 0 aliphatic rings. The van der Waals surface area contributed by atoms with Gasteiger partial charge in [-0.3, -0.25) is 4.79 Å². The Bertz CT molecular complexity index is 666. The van der Waals surface area contributed by atoms with Crippen molar-refractivity contribution in [2.75, 3.05) is 18.4 Å². The Balaban J connectivity index is 1.72. The van der Waals surface area contributed by atoms with E-state index in [4.69, 9.17) is 0 Å². The number of benzene rings is 2. The summed E-state index contributed by atoms with van der Waals surface area (Å²) in [5.41, 5.74) is 0.584. The first kappa shape index (κ1) is 17.8. The Labute approximate surface area is 136 Å². The van der Waals surface area contributed by atoms with E-state index in [0.29, 0.717) is 18.7 Å². The van der Waals surface area contributed by atoms with Crippen LogP contribution in [0.1, 0.15) is 11.1 Å². The highest BCUT2D eigenvalue weighted by atomic mass is 19.4. The third-order valence-corrected chi connectivity index (χ3v) is 3.31. The fraction of sp³-hybridized carbons (Fsp3) is 0.235. The summed E-state index contributed by atoms with van der Waals surface area (Å²) in [7, 11) is 0. The fourth-order valence-electron chi connectivity index (χ4n) is 2.02. The molecule has 0 aliphatic carbocycles. The molecule has 0 aromatic heterocycles. The van der Waals surface area contributed by atoms with Crippen LogP contribution in [0, 0.1) is 5.82 Å². The quantitative estimate of drug-likeness (QED) is 0.789. The molecule has 0 heterocycles. The van der Waals surface area contributed by atoms with Gasteiger partial charge in [0.1, 0.15) is 5.82 Å². The standard InChI is InChI=1S/C17H16F4N2O/c18-14-5-1-12(2-6-14)9-10-22-16(24)11-23-15-7-3-13(4-8-15)17(19,20)21/h1-8,23H,9-11H2,(H,22,24). The Morgan fingerprint density at radius 1 is 0.958 bits per heavy atom. The van der Waals surface area contributed by atoms with Gasteiger partial charge in [0, 0.05) is 12.2 Å². The second-order valence-electron chi connectivity index (χ2n) is 5.16. The van der Waals surface area contributed by atoms with E-state index in [1.54, 1.807) is 12.1 Å². The molecule has 2 aromatic carbocycles. The van der Waals surface area contributed by atoms with Gasteiger partial charge in [0.05, 0.1) is 12.1 Å². The van der Waals surface area contributed by atoms with Crippen LogP contribution in [-0.4, -0.2) is 19.0 Å². The lowest BCUT2D eigenvalue weighted by molar-refractivity contribution is -0.137. The number of alkyl halides is 3. The molecule has 0 spiro atoms. The summed E-state index contributed by atoms with van der Waals surface area (Å²) in [6, 6.07) is 10.4. The maximum atomic E-state index is 12.7. The number of nitrogens with one attached hydrogen (secondary N) is 2. The van der Waals surface area contributed by atoms with Crippen LogP contribution in [0.25, 0.3) is 0 Å². The molecule has 2 aromatic rings. The van der Waals surface area contributed by atoms with Crippen LogP contribution in [0.3, 0.4) is 0 Å². The summed E-state index contributed by atoms with van der Waals surface area (Å²) in [5, 5.41) is 5.43. The molecule has 0 unspecified atom stereocenters. The van der Waals surface area contributed by atoms with E-state index in [0.717, 1.165) is 17.7 Å². The normalized spacial score (nSPS) is 11.2. The van der Waals surface area contributed by atoms with Gasteiger partial charge in [0.2, 0.25) is 5.91 Å². The highest BCUT2D eigenvalue weighted by Crippen LogP contribution is 2.29. The van der Waals surface area contributed by atoms with Crippen LogP contribution in [-0.2, 0) is 17.4 Å². The molecule has 128 valence electrons. The molecular weight excluding hydrogens is 324 g/mol. The number of halogens is 4. The maximum absolute atomic E-state index is 12.7. The van der Waals surface area contributed by atoms with Crippen molar-refractivity contribution in [2.45, 2.75) is 12.6 Å². The number of hydrogen-bond donors (Lipinski definition) is 2. The first-order valence-electron chi connectivity index (χ1n) is 7.27. The molecule has 0 aliphatic heterocycles. The van der Waals surface area contributed by atoms with Crippen LogP contribution in [0.2, 0.25) is 0 Å². The van der Waals surface area contributed by atoms with E-state index >= 15 is 0 Å². The summed E-state index contributed by atoms with van der Waals surface area (Å²) < 4.78 is 50.0. The van der Waals surface area contributed by atoms with Crippen LogP contribution >= 0.6 is 0 Å². The van der Waals surface area contributed by atoms with Crippen molar-refractivity contribution in [1.82, 2.24) is 5.32 Å². The van der Waals surface area contributed by atoms with Gasteiger partial charge in [0.25, 0.3) is 0 Å². The molecule has 1 amide bonds. The molecule has 24 heavy (non-hydrogen) atoms. The number of anilines is 1. The minimum Gasteiger partial charge on any atom is -0.376 e. The molecule has 0 fully saturated rings. The van der Waals surface area contributed by atoms with Gasteiger partial charge in [-0.2, -0.15) is 13.2 Å². The Kier molecular flexibility index (Phi) is 5.78. The average molecular weight is 340 g/mol. The molecule has 0 bridgehead atoms.